The number of fused-ring (bicyclic) bond motifs is 3. The Morgan fingerprint density at radius 1 is 0.266 bits per heavy atom. The highest BCUT2D eigenvalue weighted by atomic mass is 15.2. The lowest BCUT2D eigenvalue weighted by atomic mass is 9.76. The van der Waals surface area contributed by atoms with Crippen LogP contribution in [0.5, 0.6) is 0 Å². The van der Waals surface area contributed by atoms with Crippen LogP contribution in [0.2, 0.25) is 0 Å². The highest BCUT2D eigenvalue weighted by molar-refractivity contribution is 6.13. The van der Waals surface area contributed by atoms with Crippen molar-refractivity contribution in [2.45, 2.75) is 24.8 Å². The molecule has 4 heteroatoms. The van der Waals surface area contributed by atoms with Crippen molar-refractivity contribution >= 4 is 90.2 Å². The predicted molar refractivity (Wildman–Crippen MR) is 399 cm³/mol. The molecular weight excluding hydrogens is 1140 g/mol. The number of para-hydroxylation sites is 4. The highest BCUT2D eigenvalue weighted by Gasteiger charge is 2.30. The fourth-order valence-electron chi connectivity index (χ4n) is 14.4. The molecule has 4 nitrogen and oxygen atoms in total. The van der Waals surface area contributed by atoms with Crippen molar-refractivity contribution in [1.29, 1.82) is 0 Å². The highest BCUT2D eigenvalue weighted by Crippen LogP contribution is 2.53. The largest absolute Gasteiger partial charge is 0.334 e. The Hall–Kier alpha value is -12.0. The summed E-state index contributed by atoms with van der Waals surface area (Å²) in [6.07, 6.45) is 15.6. The third-order valence-corrected chi connectivity index (χ3v) is 18.7. The second-order valence-corrected chi connectivity index (χ2v) is 24.2. The minimum Gasteiger partial charge on any atom is -0.334 e. The first-order valence-electron chi connectivity index (χ1n) is 32.7. The zero-order chi connectivity index (χ0) is 62.6. The van der Waals surface area contributed by atoms with Crippen molar-refractivity contribution in [1.82, 2.24) is 0 Å². The smallest absolute Gasteiger partial charge is 0.0631 e. The molecule has 0 saturated carbocycles. The van der Waals surface area contributed by atoms with E-state index in [1.54, 1.807) is 0 Å². The first-order chi connectivity index (χ1) is 46.7. The van der Waals surface area contributed by atoms with E-state index >= 15 is 0 Å². The zero-order valence-electron chi connectivity index (χ0n) is 52.2. The summed E-state index contributed by atoms with van der Waals surface area (Å²) in [6.45, 7) is 0. The van der Waals surface area contributed by atoms with Crippen molar-refractivity contribution in [3.8, 4) is 33.4 Å². The van der Waals surface area contributed by atoms with Crippen LogP contribution >= 0.6 is 0 Å². The lowest BCUT2D eigenvalue weighted by Gasteiger charge is -2.36. The van der Waals surface area contributed by atoms with Gasteiger partial charge >= 0.3 is 0 Å². The summed E-state index contributed by atoms with van der Waals surface area (Å²) in [7, 11) is 0. The quantitative estimate of drug-likeness (QED) is 0.0956. The van der Waals surface area contributed by atoms with Gasteiger partial charge in [-0.15, -0.1) is 0 Å². The summed E-state index contributed by atoms with van der Waals surface area (Å²) in [5.41, 5.74) is 23.1. The Balaban J connectivity index is 0.862. The molecule has 2 atom stereocenters. The van der Waals surface area contributed by atoms with E-state index in [0.717, 1.165) is 86.5 Å². The molecule has 94 heavy (non-hydrogen) atoms. The van der Waals surface area contributed by atoms with E-state index in [4.69, 9.17) is 0 Å². The fraction of sp³-hybridized carbons (Fsp3) is 0.0444. The van der Waals surface area contributed by atoms with E-state index in [2.05, 4.69) is 396 Å². The number of nitrogens with zero attached hydrogens (tertiary/aromatic N) is 4. The van der Waals surface area contributed by atoms with Crippen LogP contribution in [-0.2, 0) is 0 Å². The Bertz CT molecular complexity index is 4960. The van der Waals surface area contributed by atoms with Crippen LogP contribution in [-0.4, -0.2) is 0 Å². The molecule has 2 aliphatic carbocycles. The van der Waals surface area contributed by atoms with Crippen molar-refractivity contribution in [2.24, 2.45) is 0 Å². The van der Waals surface area contributed by atoms with Crippen LogP contribution in [0.4, 0.5) is 62.6 Å². The second-order valence-electron chi connectivity index (χ2n) is 24.2. The van der Waals surface area contributed by atoms with Gasteiger partial charge in [0.1, 0.15) is 0 Å². The molecule has 14 aromatic rings. The Kier molecular flexibility index (Phi) is 15.7. The second kappa shape index (κ2) is 25.7. The topological polar surface area (TPSA) is 13.0 Å². The van der Waals surface area contributed by atoms with Crippen LogP contribution in [0.3, 0.4) is 0 Å². The number of benzene rings is 14. The number of anilines is 11. The van der Waals surface area contributed by atoms with Crippen molar-refractivity contribution in [2.75, 3.05) is 19.6 Å². The Labute approximate surface area is 551 Å². The number of hydrogen-bond donors (Lipinski definition) is 0. The third-order valence-electron chi connectivity index (χ3n) is 18.7. The summed E-state index contributed by atoms with van der Waals surface area (Å²) in [5.74, 6) is 0.127. The fourth-order valence-corrected chi connectivity index (χ4v) is 14.4. The van der Waals surface area contributed by atoms with Gasteiger partial charge in [-0.25, -0.2) is 0 Å². The lowest BCUT2D eigenvalue weighted by Crippen LogP contribution is -2.25. The molecule has 0 aliphatic heterocycles. The SMILES string of the molecule is C1=CCC(c2c(-c3ccc(N(c4ccc(N(c5ccccc5)c5ccccc5)cc4)c4cccc5ccccc45)cc3)c(-c3ccc(N(c4ccc(N(c5ccccc5)c5ccccc5)cc4)C4CC=Cc5ccccc54)cc3)c(-c3ccccc3)c3ccccc23)C=C1. The van der Waals surface area contributed by atoms with Gasteiger partial charge in [-0.3, -0.25) is 0 Å². The van der Waals surface area contributed by atoms with Crippen LogP contribution in [0.25, 0.3) is 61.0 Å². The number of rotatable bonds is 16. The van der Waals surface area contributed by atoms with E-state index in [1.807, 2.05) is 0 Å². The average Bonchev–Trinajstić information content (AvgIpc) is 0.727. The molecule has 2 unspecified atom stereocenters. The normalized spacial score (nSPS) is 14.0. The molecule has 14 aromatic carbocycles. The maximum Gasteiger partial charge on any atom is 0.0631 e. The maximum atomic E-state index is 2.56. The van der Waals surface area contributed by atoms with Crippen molar-refractivity contribution in [3.63, 3.8) is 0 Å². The molecule has 2 aliphatic rings. The Morgan fingerprint density at radius 2 is 0.681 bits per heavy atom. The van der Waals surface area contributed by atoms with Crippen molar-refractivity contribution < 1.29 is 0 Å². The summed E-state index contributed by atoms with van der Waals surface area (Å²) in [4.78, 5) is 9.65. The van der Waals surface area contributed by atoms with Crippen LogP contribution in [0, 0.1) is 0 Å². The summed E-state index contributed by atoms with van der Waals surface area (Å²) < 4.78 is 0. The van der Waals surface area contributed by atoms with Gasteiger partial charge in [0, 0.05) is 68.2 Å². The van der Waals surface area contributed by atoms with Gasteiger partial charge in [-0.05, 0) is 206 Å². The molecule has 0 spiro atoms. The van der Waals surface area contributed by atoms with Gasteiger partial charge in [-0.1, -0.05) is 249 Å². The lowest BCUT2D eigenvalue weighted by molar-refractivity contribution is 0.702. The number of allylic oxidation sites excluding steroid dienone is 4. The van der Waals surface area contributed by atoms with E-state index in [0.29, 0.717) is 0 Å². The molecule has 0 heterocycles. The average molecular weight is 1210 g/mol. The first kappa shape index (κ1) is 57.2. The maximum absolute atomic E-state index is 2.56. The van der Waals surface area contributed by atoms with Gasteiger partial charge in [0.05, 0.1) is 11.7 Å². The van der Waals surface area contributed by atoms with Crippen LogP contribution in [0.1, 0.15) is 41.5 Å². The monoisotopic (exact) mass is 1200 g/mol. The van der Waals surface area contributed by atoms with E-state index in [1.165, 1.54) is 60.5 Å². The van der Waals surface area contributed by atoms with E-state index < -0.39 is 0 Å². The minimum atomic E-state index is 0.0502. The predicted octanol–water partition coefficient (Wildman–Crippen LogP) is 25.3. The molecule has 0 amide bonds. The first-order valence-corrected chi connectivity index (χ1v) is 32.7. The van der Waals surface area contributed by atoms with Gasteiger partial charge < -0.3 is 19.6 Å². The molecule has 0 saturated heterocycles. The zero-order valence-corrected chi connectivity index (χ0v) is 52.2. The molecule has 16 rings (SSSR count). The van der Waals surface area contributed by atoms with E-state index in [9.17, 15) is 0 Å². The van der Waals surface area contributed by atoms with Crippen molar-refractivity contribution in [3.05, 3.63) is 387 Å². The van der Waals surface area contributed by atoms with Gasteiger partial charge in [-0.2, -0.15) is 0 Å². The molecule has 0 radical (unpaired) electrons. The molecule has 0 fully saturated rings. The standard InChI is InChI=1S/C90H68N4/c1-7-29-67(30-8-1)87-83-45-23-24-46-84(83)88(68-31-9-2-10-32-68)90(70-51-55-78(56-52-70)94(86-48-26-34-66-28-20-22-44-82(66)86)80-63-59-76(60-64-80)92(73-39-15-5-16-40-73)74-41-17-6-18-42-74)89(87)69-49-53-77(54-50-69)93(85-47-25-33-65-27-19-21-43-81(65)85)79-61-57-75(58-62-79)91(71-35-11-3-12-36-71)72-37-13-4-14-38-72/h1-31,33-46,48-64,68,85H,32,47H2. The summed E-state index contributed by atoms with van der Waals surface area (Å²) in [5, 5.41) is 4.87. The third kappa shape index (κ3) is 11.0. The van der Waals surface area contributed by atoms with Gasteiger partial charge in [0.25, 0.3) is 0 Å². The number of hydrogen-bond acceptors (Lipinski definition) is 4. The van der Waals surface area contributed by atoms with Crippen LogP contribution in [0.15, 0.2) is 370 Å². The molecule has 448 valence electrons. The summed E-state index contributed by atoms with van der Waals surface area (Å²) >= 11 is 0. The van der Waals surface area contributed by atoms with E-state index in [-0.39, 0.29) is 12.0 Å². The molecule has 0 N–H and O–H groups in total. The molecule has 0 aromatic heterocycles. The van der Waals surface area contributed by atoms with Gasteiger partial charge in [0.15, 0.2) is 0 Å². The molecule has 0 bridgehead atoms. The van der Waals surface area contributed by atoms with Crippen LogP contribution < -0.4 is 19.6 Å². The Morgan fingerprint density at radius 3 is 1.23 bits per heavy atom. The van der Waals surface area contributed by atoms with Gasteiger partial charge in [0.2, 0.25) is 0 Å². The molecular formula is C90H68N4. The summed E-state index contributed by atoms with van der Waals surface area (Å²) in [6, 6.07) is 124. The minimum absolute atomic E-state index is 0.0502.